The van der Waals surface area contributed by atoms with Gasteiger partial charge in [0, 0.05) is 12.4 Å². The summed E-state index contributed by atoms with van der Waals surface area (Å²) in [5, 5.41) is 0. The van der Waals surface area contributed by atoms with E-state index in [1.165, 1.54) is 6.33 Å². The minimum absolute atomic E-state index is 0.0406. The van der Waals surface area contributed by atoms with Gasteiger partial charge in [0.2, 0.25) is 5.88 Å². The monoisotopic (exact) mass is 287 g/mol. The smallest absolute Gasteiger partial charge is 0.242 e. The number of imidazole rings is 1. The van der Waals surface area contributed by atoms with Crippen molar-refractivity contribution in [1.29, 1.82) is 0 Å². The normalized spacial score (nSPS) is 12.5. The molecule has 3 heterocycles. The molecule has 0 aliphatic carbocycles. The highest BCUT2D eigenvalue weighted by atomic mass is 32.1. The number of nitrogens with one attached hydrogen (secondary N) is 1. The van der Waals surface area contributed by atoms with Gasteiger partial charge in [-0.1, -0.05) is 0 Å². The molecule has 102 valence electrons. The van der Waals surface area contributed by atoms with Crippen LogP contribution in [0.15, 0.2) is 30.9 Å². The summed E-state index contributed by atoms with van der Waals surface area (Å²) in [6.07, 6.45) is 5.00. The van der Waals surface area contributed by atoms with E-state index in [1.54, 1.807) is 19.5 Å². The van der Waals surface area contributed by atoms with E-state index in [9.17, 15) is 0 Å². The van der Waals surface area contributed by atoms with Crippen molar-refractivity contribution in [2.45, 2.75) is 13.0 Å². The molecule has 7 heteroatoms. The van der Waals surface area contributed by atoms with Crippen molar-refractivity contribution in [1.82, 2.24) is 24.5 Å². The maximum atomic E-state index is 5.41. The highest BCUT2D eigenvalue weighted by Gasteiger charge is 2.16. The third-order valence-electron chi connectivity index (χ3n) is 3.24. The molecule has 1 atom stereocenters. The van der Waals surface area contributed by atoms with Crippen molar-refractivity contribution in [3.63, 3.8) is 0 Å². The summed E-state index contributed by atoms with van der Waals surface area (Å²) in [4.78, 5) is 15.5. The predicted molar refractivity (Wildman–Crippen MR) is 77.3 cm³/mol. The number of fused-ring (bicyclic) bond motifs is 1. The Morgan fingerprint density at radius 3 is 2.75 bits per heavy atom. The first-order valence-electron chi connectivity index (χ1n) is 6.11. The van der Waals surface area contributed by atoms with Gasteiger partial charge in [-0.25, -0.2) is 4.98 Å². The SMILES string of the molecule is COc1ncnc2c1[nH]c(=S)n2C(C)c1ccncc1. The van der Waals surface area contributed by atoms with E-state index in [1.807, 2.05) is 16.7 Å². The van der Waals surface area contributed by atoms with Gasteiger partial charge in [-0.15, -0.1) is 0 Å². The summed E-state index contributed by atoms with van der Waals surface area (Å²) in [6.45, 7) is 2.06. The van der Waals surface area contributed by atoms with Gasteiger partial charge in [0.15, 0.2) is 10.4 Å². The molecule has 0 saturated heterocycles. The maximum Gasteiger partial charge on any atom is 0.242 e. The van der Waals surface area contributed by atoms with Crippen LogP contribution in [0.4, 0.5) is 0 Å². The number of aromatic nitrogens is 5. The van der Waals surface area contributed by atoms with Crippen LogP contribution in [-0.2, 0) is 0 Å². The third-order valence-corrected chi connectivity index (χ3v) is 3.54. The average molecular weight is 287 g/mol. The minimum atomic E-state index is 0.0406. The lowest BCUT2D eigenvalue weighted by Gasteiger charge is -2.14. The molecule has 3 aromatic rings. The number of pyridine rings is 1. The zero-order valence-corrected chi connectivity index (χ0v) is 11.9. The van der Waals surface area contributed by atoms with Crippen LogP contribution in [0.25, 0.3) is 11.2 Å². The van der Waals surface area contributed by atoms with Gasteiger partial charge in [0.1, 0.15) is 11.8 Å². The molecule has 0 bridgehead atoms. The molecular weight excluding hydrogens is 274 g/mol. The molecule has 6 nitrogen and oxygen atoms in total. The molecule has 0 fully saturated rings. The van der Waals surface area contributed by atoms with E-state index in [-0.39, 0.29) is 6.04 Å². The van der Waals surface area contributed by atoms with E-state index >= 15 is 0 Å². The molecule has 20 heavy (non-hydrogen) atoms. The number of methoxy groups -OCH3 is 1. The van der Waals surface area contributed by atoms with Gasteiger partial charge in [0.25, 0.3) is 0 Å². The lowest BCUT2D eigenvalue weighted by atomic mass is 10.1. The van der Waals surface area contributed by atoms with Crippen LogP contribution in [0.3, 0.4) is 0 Å². The average Bonchev–Trinajstić information content (AvgIpc) is 2.83. The Labute approximate surface area is 120 Å². The topological polar surface area (TPSA) is 68.6 Å². The standard InChI is InChI=1S/C13H13N5OS/c1-8(9-3-5-14-6-4-9)18-11-10(17-13(18)20)12(19-2)16-7-15-11/h3-8H,1-2H3,(H,17,20). The first-order chi connectivity index (χ1) is 9.72. The summed E-state index contributed by atoms with van der Waals surface area (Å²) in [6, 6.07) is 3.96. The van der Waals surface area contributed by atoms with Gasteiger partial charge < -0.3 is 9.72 Å². The molecule has 0 aliphatic rings. The van der Waals surface area contributed by atoms with E-state index in [4.69, 9.17) is 17.0 Å². The van der Waals surface area contributed by atoms with Gasteiger partial charge >= 0.3 is 0 Å². The molecule has 0 saturated carbocycles. The van der Waals surface area contributed by atoms with Gasteiger partial charge in [-0.2, -0.15) is 4.98 Å². The molecule has 0 spiro atoms. The van der Waals surface area contributed by atoms with Crippen molar-refractivity contribution >= 4 is 23.4 Å². The molecule has 1 N–H and O–H groups in total. The van der Waals surface area contributed by atoms with E-state index in [0.717, 1.165) is 11.2 Å². The van der Waals surface area contributed by atoms with Crippen LogP contribution < -0.4 is 4.74 Å². The summed E-state index contributed by atoms with van der Waals surface area (Å²) in [5.74, 6) is 0.488. The predicted octanol–water partition coefficient (Wildman–Crippen LogP) is 2.50. The van der Waals surface area contributed by atoms with E-state index < -0.39 is 0 Å². The number of H-pyrrole nitrogens is 1. The zero-order valence-electron chi connectivity index (χ0n) is 11.1. The molecule has 0 radical (unpaired) electrons. The number of hydrogen-bond donors (Lipinski definition) is 1. The lowest BCUT2D eigenvalue weighted by Crippen LogP contribution is -2.07. The number of ether oxygens (including phenoxy) is 1. The Balaban J connectivity index is 2.22. The Bertz CT molecular complexity index is 795. The van der Waals surface area contributed by atoms with Crippen molar-refractivity contribution < 1.29 is 4.74 Å². The van der Waals surface area contributed by atoms with Crippen LogP contribution in [0.2, 0.25) is 0 Å². The van der Waals surface area contributed by atoms with Crippen molar-refractivity contribution in [3.05, 3.63) is 41.2 Å². The fourth-order valence-corrected chi connectivity index (χ4v) is 2.57. The van der Waals surface area contributed by atoms with Crippen LogP contribution in [0.5, 0.6) is 5.88 Å². The molecule has 0 aliphatic heterocycles. The number of hydrogen-bond acceptors (Lipinski definition) is 5. The largest absolute Gasteiger partial charge is 0.479 e. The molecule has 1 unspecified atom stereocenters. The highest BCUT2D eigenvalue weighted by Crippen LogP contribution is 2.26. The second-order valence-electron chi connectivity index (χ2n) is 4.34. The Morgan fingerprint density at radius 2 is 2.05 bits per heavy atom. The zero-order chi connectivity index (χ0) is 14.1. The van der Waals surface area contributed by atoms with E-state index in [0.29, 0.717) is 16.2 Å². The molecule has 3 aromatic heterocycles. The van der Waals surface area contributed by atoms with Crippen LogP contribution in [-0.4, -0.2) is 31.6 Å². The lowest BCUT2D eigenvalue weighted by molar-refractivity contribution is 0.401. The summed E-state index contributed by atoms with van der Waals surface area (Å²) in [7, 11) is 1.57. The molecular formula is C13H13N5OS. The fourth-order valence-electron chi connectivity index (χ4n) is 2.22. The van der Waals surface area contributed by atoms with Crippen molar-refractivity contribution in [2.24, 2.45) is 0 Å². The highest BCUT2D eigenvalue weighted by molar-refractivity contribution is 7.71. The molecule has 0 amide bonds. The van der Waals surface area contributed by atoms with Crippen LogP contribution in [0.1, 0.15) is 18.5 Å². The summed E-state index contributed by atoms with van der Waals surface area (Å²) >= 11 is 5.41. The van der Waals surface area contributed by atoms with Gasteiger partial charge in [-0.05, 0) is 36.8 Å². The van der Waals surface area contributed by atoms with Crippen LogP contribution >= 0.6 is 12.2 Å². The fraction of sp³-hybridized carbons (Fsp3) is 0.231. The maximum absolute atomic E-state index is 5.41. The Hall–Kier alpha value is -2.28. The van der Waals surface area contributed by atoms with Crippen molar-refractivity contribution in [3.8, 4) is 5.88 Å². The van der Waals surface area contributed by atoms with Crippen LogP contribution in [0, 0.1) is 4.77 Å². The first-order valence-corrected chi connectivity index (χ1v) is 6.52. The summed E-state index contributed by atoms with van der Waals surface area (Å²) < 4.78 is 7.76. The van der Waals surface area contributed by atoms with Gasteiger partial charge in [0.05, 0.1) is 13.2 Å². The van der Waals surface area contributed by atoms with Crippen molar-refractivity contribution in [2.75, 3.05) is 7.11 Å². The van der Waals surface area contributed by atoms with E-state index in [2.05, 4.69) is 26.9 Å². The molecule has 0 aromatic carbocycles. The minimum Gasteiger partial charge on any atom is -0.479 e. The quantitative estimate of drug-likeness (QED) is 0.750. The first kappa shape index (κ1) is 12.7. The Kier molecular flexibility index (Phi) is 3.19. The summed E-state index contributed by atoms with van der Waals surface area (Å²) in [5.41, 5.74) is 2.54. The van der Waals surface area contributed by atoms with Gasteiger partial charge in [-0.3, -0.25) is 9.55 Å². The second kappa shape index (κ2) is 5.01. The third kappa shape index (κ3) is 1.96. The second-order valence-corrected chi connectivity index (χ2v) is 4.72. The number of rotatable bonds is 3. The number of nitrogens with zero attached hydrogens (tertiary/aromatic N) is 4. The number of aromatic amines is 1. The molecule has 3 rings (SSSR count). The Morgan fingerprint density at radius 1 is 1.30 bits per heavy atom.